The van der Waals surface area contributed by atoms with Crippen molar-refractivity contribution in [1.29, 1.82) is 0 Å². The van der Waals surface area contributed by atoms with Crippen LogP contribution in [0.15, 0.2) is 29.4 Å². The highest BCUT2D eigenvalue weighted by Gasteiger charge is 2.30. The third kappa shape index (κ3) is 2.32. The first kappa shape index (κ1) is 11.2. The zero-order valence-corrected chi connectivity index (χ0v) is 9.67. The van der Waals surface area contributed by atoms with Gasteiger partial charge in [0.2, 0.25) is 0 Å². The number of allylic oxidation sites excluding steroid dienone is 1. The number of hydrogen-bond donors (Lipinski definition) is 0. The quantitative estimate of drug-likeness (QED) is 0.623. The smallest absolute Gasteiger partial charge is 0.0585 e. The summed E-state index contributed by atoms with van der Waals surface area (Å²) in [6.45, 7) is 14.4. The second-order valence-corrected chi connectivity index (χ2v) is 4.60. The van der Waals surface area contributed by atoms with Crippen molar-refractivity contribution in [2.75, 3.05) is 13.1 Å². The van der Waals surface area contributed by atoms with E-state index in [0.717, 1.165) is 18.8 Å². The Balaban J connectivity index is 2.87. The number of likely N-dealkylation sites (tertiary alicyclic amines) is 1. The predicted octanol–water partition coefficient (Wildman–Crippen LogP) is 2.63. The summed E-state index contributed by atoms with van der Waals surface area (Å²) in [4.78, 5) is 6.73. The maximum atomic E-state index is 4.31. The van der Waals surface area contributed by atoms with Gasteiger partial charge in [0.25, 0.3) is 0 Å². The third-order valence-corrected chi connectivity index (χ3v) is 2.62. The molecule has 1 saturated heterocycles. The highest BCUT2D eigenvalue weighted by atomic mass is 15.2. The van der Waals surface area contributed by atoms with E-state index in [4.69, 9.17) is 0 Å². The van der Waals surface area contributed by atoms with Crippen LogP contribution in [0.1, 0.15) is 27.7 Å². The van der Waals surface area contributed by atoms with E-state index in [1.807, 2.05) is 0 Å². The molecule has 1 rings (SSSR count). The first-order valence-corrected chi connectivity index (χ1v) is 5.07. The minimum atomic E-state index is 0.215. The summed E-state index contributed by atoms with van der Waals surface area (Å²) in [5.74, 6) is 0. The molecule has 2 nitrogen and oxygen atoms in total. The van der Waals surface area contributed by atoms with Crippen molar-refractivity contribution < 1.29 is 0 Å². The van der Waals surface area contributed by atoms with Gasteiger partial charge in [0.05, 0.1) is 5.71 Å². The molecule has 0 amide bonds. The van der Waals surface area contributed by atoms with Crippen LogP contribution in [0.2, 0.25) is 0 Å². The average molecular weight is 192 g/mol. The van der Waals surface area contributed by atoms with Crippen LogP contribution >= 0.6 is 0 Å². The Hall–Kier alpha value is -0.890. The van der Waals surface area contributed by atoms with Crippen LogP contribution in [0.25, 0.3) is 0 Å². The average Bonchev–Trinajstić information content (AvgIpc) is 2.47. The van der Waals surface area contributed by atoms with Gasteiger partial charge in [-0.15, -0.1) is 0 Å². The summed E-state index contributed by atoms with van der Waals surface area (Å²) in [5.41, 5.74) is 2.71. The lowest BCUT2D eigenvalue weighted by atomic mass is 10.1. The maximum Gasteiger partial charge on any atom is 0.0585 e. The molecule has 0 aromatic carbocycles. The molecule has 0 saturated carbocycles. The topological polar surface area (TPSA) is 15.6 Å². The molecule has 1 aliphatic rings. The Kier molecular flexibility index (Phi) is 3.27. The second kappa shape index (κ2) is 4.09. The lowest BCUT2D eigenvalue weighted by molar-refractivity contribution is 0.188. The number of hydrogen-bond acceptors (Lipinski definition) is 2. The van der Waals surface area contributed by atoms with Crippen molar-refractivity contribution in [3.05, 3.63) is 24.4 Å². The molecule has 1 aliphatic heterocycles. The van der Waals surface area contributed by atoms with Crippen molar-refractivity contribution >= 4 is 5.71 Å². The van der Waals surface area contributed by atoms with Crippen LogP contribution in [0.3, 0.4) is 0 Å². The van der Waals surface area contributed by atoms with Gasteiger partial charge in [-0.25, -0.2) is 0 Å². The summed E-state index contributed by atoms with van der Waals surface area (Å²) < 4.78 is 0. The molecule has 0 atom stereocenters. The largest absolute Gasteiger partial charge is 0.288 e. The SMILES string of the molecule is C=CN=C1CN(C(C)(C)C)C/C1=C/C. The molecule has 0 unspecified atom stereocenters. The summed E-state index contributed by atoms with van der Waals surface area (Å²) in [6.07, 6.45) is 3.78. The summed E-state index contributed by atoms with van der Waals surface area (Å²) >= 11 is 0. The Morgan fingerprint density at radius 2 is 2.00 bits per heavy atom. The van der Waals surface area contributed by atoms with Gasteiger partial charge in [-0.3, -0.25) is 9.89 Å². The van der Waals surface area contributed by atoms with Crippen molar-refractivity contribution in [1.82, 2.24) is 4.90 Å². The Labute approximate surface area is 87.0 Å². The summed E-state index contributed by atoms with van der Waals surface area (Å²) in [6, 6.07) is 0. The lowest BCUT2D eigenvalue weighted by Gasteiger charge is -2.30. The van der Waals surface area contributed by atoms with Crippen molar-refractivity contribution in [3.63, 3.8) is 0 Å². The van der Waals surface area contributed by atoms with E-state index in [2.05, 4.69) is 50.2 Å². The molecule has 0 spiro atoms. The van der Waals surface area contributed by atoms with Crippen LogP contribution in [0.5, 0.6) is 0 Å². The first-order valence-electron chi connectivity index (χ1n) is 5.07. The summed E-state index contributed by atoms with van der Waals surface area (Å²) in [7, 11) is 0. The molecule has 1 fully saturated rings. The molecule has 14 heavy (non-hydrogen) atoms. The van der Waals surface area contributed by atoms with Gasteiger partial charge in [-0.2, -0.15) is 0 Å². The normalized spacial score (nSPS) is 24.9. The van der Waals surface area contributed by atoms with Gasteiger partial charge in [-0.05, 0) is 33.3 Å². The fourth-order valence-electron chi connectivity index (χ4n) is 1.60. The molecule has 0 aromatic rings. The fourth-order valence-corrected chi connectivity index (χ4v) is 1.60. The van der Waals surface area contributed by atoms with E-state index in [0.29, 0.717) is 0 Å². The van der Waals surface area contributed by atoms with Crippen LogP contribution in [-0.2, 0) is 0 Å². The van der Waals surface area contributed by atoms with Crippen LogP contribution in [-0.4, -0.2) is 29.2 Å². The molecule has 0 aliphatic carbocycles. The van der Waals surface area contributed by atoms with Gasteiger partial charge in [0, 0.05) is 24.8 Å². The van der Waals surface area contributed by atoms with E-state index >= 15 is 0 Å². The second-order valence-electron chi connectivity index (χ2n) is 4.60. The molecular formula is C12H20N2. The van der Waals surface area contributed by atoms with Gasteiger partial charge in [-0.1, -0.05) is 12.7 Å². The monoisotopic (exact) mass is 192 g/mol. The van der Waals surface area contributed by atoms with Crippen LogP contribution in [0, 0.1) is 0 Å². The molecule has 2 heteroatoms. The minimum absolute atomic E-state index is 0.215. The number of rotatable bonds is 1. The standard InChI is InChI=1S/C12H20N2/c1-6-10-8-14(12(3,4)5)9-11(10)13-7-2/h6-7H,2,8-9H2,1,3-5H3/b10-6-,13-11?. The lowest BCUT2D eigenvalue weighted by Crippen LogP contribution is -2.39. The highest BCUT2D eigenvalue weighted by Crippen LogP contribution is 2.22. The Morgan fingerprint density at radius 1 is 1.36 bits per heavy atom. The number of aliphatic imine (C=N–C) groups is 1. The minimum Gasteiger partial charge on any atom is -0.288 e. The van der Waals surface area contributed by atoms with Crippen molar-refractivity contribution in [2.45, 2.75) is 33.2 Å². The van der Waals surface area contributed by atoms with Crippen molar-refractivity contribution in [2.24, 2.45) is 4.99 Å². The Bertz CT molecular complexity index is 279. The van der Waals surface area contributed by atoms with E-state index in [1.165, 1.54) is 5.57 Å². The summed E-state index contributed by atoms with van der Waals surface area (Å²) in [5, 5.41) is 0. The van der Waals surface area contributed by atoms with Crippen molar-refractivity contribution in [3.8, 4) is 0 Å². The maximum absolute atomic E-state index is 4.31. The molecule has 78 valence electrons. The van der Waals surface area contributed by atoms with Gasteiger partial charge < -0.3 is 0 Å². The zero-order valence-electron chi connectivity index (χ0n) is 9.67. The van der Waals surface area contributed by atoms with Gasteiger partial charge in [0.1, 0.15) is 0 Å². The molecular weight excluding hydrogens is 172 g/mol. The van der Waals surface area contributed by atoms with E-state index in [-0.39, 0.29) is 5.54 Å². The van der Waals surface area contributed by atoms with E-state index in [1.54, 1.807) is 6.20 Å². The predicted molar refractivity (Wildman–Crippen MR) is 62.7 cm³/mol. The molecule has 0 N–H and O–H groups in total. The van der Waals surface area contributed by atoms with Gasteiger partial charge >= 0.3 is 0 Å². The fraction of sp³-hybridized carbons (Fsp3) is 0.583. The van der Waals surface area contributed by atoms with E-state index < -0.39 is 0 Å². The molecule has 0 bridgehead atoms. The first-order chi connectivity index (χ1) is 6.49. The van der Waals surface area contributed by atoms with E-state index in [9.17, 15) is 0 Å². The highest BCUT2D eigenvalue weighted by molar-refractivity contribution is 6.04. The molecule has 0 radical (unpaired) electrons. The van der Waals surface area contributed by atoms with Crippen LogP contribution in [0.4, 0.5) is 0 Å². The van der Waals surface area contributed by atoms with Crippen LogP contribution < -0.4 is 0 Å². The molecule has 0 aromatic heterocycles. The van der Waals surface area contributed by atoms with Gasteiger partial charge in [0.15, 0.2) is 0 Å². The third-order valence-electron chi connectivity index (χ3n) is 2.62. The Morgan fingerprint density at radius 3 is 2.43 bits per heavy atom. The molecule has 1 heterocycles. The number of nitrogens with zero attached hydrogens (tertiary/aromatic N) is 2. The zero-order chi connectivity index (χ0) is 10.8.